The molecule has 0 radical (unpaired) electrons. The highest BCUT2D eigenvalue weighted by molar-refractivity contribution is 5.81. The van der Waals surface area contributed by atoms with Crippen LogP contribution in [0, 0.1) is 6.92 Å². The van der Waals surface area contributed by atoms with Crippen molar-refractivity contribution in [1.82, 2.24) is 5.06 Å². The Balaban J connectivity index is 2.15. The van der Waals surface area contributed by atoms with E-state index in [1.807, 2.05) is 61.5 Å². The maximum Gasteiger partial charge on any atom is 0.435 e. The zero-order chi connectivity index (χ0) is 20.7. The van der Waals surface area contributed by atoms with E-state index in [1.54, 1.807) is 20.8 Å². The Kier molecular flexibility index (Phi) is 7.18. The molecule has 150 valence electrons. The average molecular weight is 385 g/mol. The van der Waals surface area contributed by atoms with E-state index in [4.69, 9.17) is 9.47 Å². The van der Waals surface area contributed by atoms with Gasteiger partial charge >= 0.3 is 12.1 Å². The second kappa shape index (κ2) is 9.37. The lowest BCUT2D eigenvalue weighted by atomic mass is 10.0. The van der Waals surface area contributed by atoms with Crippen LogP contribution in [-0.2, 0) is 27.3 Å². The summed E-state index contributed by atoms with van der Waals surface area (Å²) in [5.74, 6) is -0.710. The number of hydroxylamine groups is 2. The van der Waals surface area contributed by atoms with E-state index in [0.29, 0.717) is 5.06 Å². The van der Waals surface area contributed by atoms with E-state index in [2.05, 4.69) is 0 Å². The number of ether oxygens (including phenoxy) is 2. The molecule has 0 aromatic heterocycles. The van der Waals surface area contributed by atoms with Crippen LogP contribution in [0.15, 0.2) is 54.6 Å². The first-order valence-electron chi connectivity index (χ1n) is 9.13. The molecule has 0 spiro atoms. The van der Waals surface area contributed by atoms with Gasteiger partial charge in [-0.1, -0.05) is 60.2 Å². The summed E-state index contributed by atoms with van der Waals surface area (Å²) in [4.78, 5) is 24.9. The molecular formula is C22H27NO5. The molecule has 0 heterocycles. The molecule has 1 atom stereocenters. The second-order valence-corrected chi connectivity index (χ2v) is 7.62. The Morgan fingerprint density at radius 1 is 1.00 bits per heavy atom. The molecule has 1 amide bonds. The highest BCUT2D eigenvalue weighted by Crippen LogP contribution is 2.16. The van der Waals surface area contributed by atoms with Crippen molar-refractivity contribution in [2.24, 2.45) is 0 Å². The lowest BCUT2D eigenvalue weighted by molar-refractivity contribution is -0.171. The van der Waals surface area contributed by atoms with Gasteiger partial charge in [0.2, 0.25) is 0 Å². The van der Waals surface area contributed by atoms with Crippen molar-refractivity contribution >= 4 is 12.1 Å². The van der Waals surface area contributed by atoms with E-state index >= 15 is 0 Å². The zero-order valence-corrected chi connectivity index (χ0v) is 16.7. The smallest absolute Gasteiger partial charge is 0.435 e. The van der Waals surface area contributed by atoms with Gasteiger partial charge < -0.3 is 9.47 Å². The minimum atomic E-state index is -1.22. The van der Waals surface area contributed by atoms with Gasteiger partial charge in [-0.05, 0) is 38.8 Å². The van der Waals surface area contributed by atoms with Crippen LogP contribution in [-0.4, -0.2) is 34.0 Å². The summed E-state index contributed by atoms with van der Waals surface area (Å²) >= 11 is 0. The van der Waals surface area contributed by atoms with Gasteiger partial charge in [0.05, 0.1) is 0 Å². The number of benzene rings is 2. The van der Waals surface area contributed by atoms with Crippen LogP contribution in [0.2, 0.25) is 0 Å². The first-order chi connectivity index (χ1) is 13.2. The van der Waals surface area contributed by atoms with Gasteiger partial charge in [0.15, 0.2) is 6.04 Å². The van der Waals surface area contributed by atoms with Crippen molar-refractivity contribution in [3.63, 3.8) is 0 Å². The number of hydrogen-bond acceptors (Lipinski definition) is 5. The molecule has 0 bridgehead atoms. The van der Waals surface area contributed by atoms with Gasteiger partial charge in [-0.2, -0.15) is 5.06 Å². The number of aryl methyl sites for hydroxylation is 1. The summed E-state index contributed by atoms with van der Waals surface area (Å²) in [7, 11) is 0. The standard InChI is InChI=1S/C22H27NO5/c1-16-10-12-17(13-11-16)14-19(23(26)21(25)28-22(2,3)4)20(24)27-15-18-8-6-5-7-9-18/h5-13,19,26H,14-15H2,1-4H3. The molecule has 2 rings (SSSR count). The summed E-state index contributed by atoms with van der Waals surface area (Å²) in [6.07, 6.45) is -0.898. The van der Waals surface area contributed by atoms with Crippen molar-refractivity contribution in [1.29, 1.82) is 0 Å². The van der Waals surface area contributed by atoms with Gasteiger partial charge in [0, 0.05) is 6.42 Å². The molecule has 6 heteroatoms. The highest BCUT2D eigenvalue weighted by Gasteiger charge is 2.33. The molecule has 2 aromatic carbocycles. The first-order valence-corrected chi connectivity index (χ1v) is 9.13. The Morgan fingerprint density at radius 2 is 1.61 bits per heavy atom. The van der Waals surface area contributed by atoms with E-state index in [9.17, 15) is 14.8 Å². The van der Waals surface area contributed by atoms with Crippen LogP contribution in [0.25, 0.3) is 0 Å². The Hall–Kier alpha value is -2.86. The van der Waals surface area contributed by atoms with E-state index in [1.165, 1.54) is 0 Å². The third-order valence-electron chi connectivity index (χ3n) is 3.92. The molecule has 1 N–H and O–H groups in total. The second-order valence-electron chi connectivity index (χ2n) is 7.62. The van der Waals surface area contributed by atoms with Gasteiger partial charge in [-0.15, -0.1) is 0 Å². The summed E-state index contributed by atoms with van der Waals surface area (Å²) in [6.45, 7) is 7.05. The van der Waals surface area contributed by atoms with Crippen LogP contribution in [0.1, 0.15) is 37.5 Å². The van der Waals surface area contributed by atoms with Crippen LogP contribution >= 0.6 is 0 Å². The summed E-state index contributed by atoms with van der Waals surface area (Å²) in [5.41, 5.74) is 1.86. The minimum Gasteiger partial charge on any atom is -0.459 e. The van der Waals surface area contributed by atoms with Crippen molar-refractivity contribution in [2.45, 2.75) is 52.4 Å². The quantitative estimate of drug-likeness (QED) is 0.456. The molecule has 0 saturated heterocycles. The Morgan fingerprint density at radius 3 is 2.18 bits per heavy atom. The normalized spacial score (nSPS) is 12.2. The molecule has 0 saturated carbocycles. The van der Waals surface area contributed by atoms with Crippen LogP contribution < -0.4 is 0 Å². The number of hydrogen-bond donors (Lipinski definition) is 1. The minimum absolute atomic E-state index is 0.0478. The van der Waals surface area contributed by atoms with Crippen molar-refractivity contribution in [3.05, 3.63) is 71.3 Å². The summed E-state index contributed by atoms with van der Waals surface area (Å²) in [6, 6.07) is 15.5. The molecule has 2 aromatic rings. The molecule has 28 heavy (non-hydrogen) atoms. The van der Waals surface area contributed by atoms with Crippen LogP contribution in [0.4, 0.5) is 4.79 Å². The number of carbonyl (C=O) groups is 2. The molecule has 6 nitrogen and oxygen atoms in total. The first kappa shape index (κ1) is 21.4. The SMILES string of the molecule is Cc1ccc(CC(C(=O)OCc2ccccc2)N(O)C(=O)OC(C)(C)C)cc1. The zero-order valence-electron chi connectivity index (χ0n) is 16.7. The number of amides is 1. The fourth-order valence-corrected chi connectivity index (χ4v) is 2.48. The number of rotatable bonds is 6. The van der Waals surface area contributed by atoms with E-state index in [0.717, 1.165) is 16.7 Å². The predicted octanol–water partition coefficient (Wildman–Crippen LogP) is 4.28. The maximum absolute atomic E-state index is 12.7. The van der Waals surface area contributed by atoms with Gasteiger partial charge in [0.1, 0.15) is 12.2 Å². The van der Waals surface area contributed by atoms with Gasteiger partial charge in [-0.25, -0.2) is 9.59 Å². The Bertz CT molecular complexity index is 781. The molecule has 1 unspecified atom stereocenters. The number of esters is 1. The molecule has 0 aliphatic carbocycles. The largest absolute Gasteiger partial charge is 0.459 e. The number of carbonyl (C=O) groups excluding carboxylic acids is 2. The molecule has 0 aliphatic heterocycles. The highest BCUT2D eigenvalue weighted by atomic mass is 16.6. The lowest BCUT2D eigenvalue weighted by Gasteiger charge is -2.28. The topological polar surface area (TPSA) is 76.1 Å². The maximum atomic E-state index is 12.7. The molecule has 0 aliphatic rings. The van der Waals surface area contributed by atoms with Crippen LogP contribution in [0.5, 0.6) is 0 Å². The van der Waals surface area contributed by atoms with Gasteiger partial charge in [0.25, 0.3) is 0 Å². The number of nitrogens with zero attached hydrogens (tertiary/aromatic N) is 1. The van der Waals surface area contributed by atoms with Gasteiger partial charge in [-0.3, -0.25) is 5.21 Å². The van der Waals surface area contributed by atoms with Crippen LogP contribution in [0.3, 0.4) is 0 Å². The lowest BCUT2D eigenvalue weighted by Crippen LogP contribution is -2.47. The third-order valence-corrected chi connectivity index (χ3v) is 3.92. The van der Waals surface area contributed by atoms with Crippen molar-refractivity contribution < 1.29 is 24.3 Å². The van der Waals surface area contributed by atoms with Crippen molar-refractivity contribution in [3.8, 4) is 0 Å². The van der Waals surface area contributed by atoms with E-state index < -0.39 is 23.7 Å². The fourth-order valence-electron chi connectivity index (χ4n) is 2.48. The summed E-state index contributed by atoms with van der Waals surface area (Å²) in [5, 5.41) is 10.7. The average Bonchev–Trinajstić information content (AvgIpc) is 2.64. The fraction of sp³-hybridized carbons (Fsp3) is 0.364. The monoisotopic (exact) mass is 385 g/mol. The Labute approximate surface area is 165 Å². The molecule has 0 fully saturated rings. The molecular weight excluding hydrogens is 358 g/mol. The van der Waals surface area contributed by atoms with Crippen molar-refractivity contribution in [2.75, 3.05) is 0 Å². The third kappa shape index (κ3) is 6.70. The summed E-state index contributed by atoms with van der Waals surface area (Å²) < 4.78 is 10.5. The predicted molar refractivity (Wildman–Crippen MR) is 105 cm³/mol. The van der Waals surface area contributed by atoms with E-state index in [-0.39, 0.29) is 13.0 Å².